The third-order valence-electron chi connectivity index (χ3n) is 4.14. The molecule has 24 heavy (non-hydrogen) atoms. The van der Waals surface area contributed by atoms with E-state index >= 15 is 0 Å². The van der Waals surface area contributed by atoms with Crippen LogP contribution < -0.4 is 10.0 Å². The summed E-state index contributed by atoms with van der Waals surface area (Å²) in [6.45, 7) is 2.49. The van der Waals surface area contributed by atoms with Crippen molar-refractivity contribution in [3.05, 3.63) is 29.8 Å². The number of rotatable bonds is 4. The van der Waals surface area contributed by atoms with E-state index in [1.807, 2.05) is 40.9 Å². The van der Waals surface area contributed by atoms with Gasteiger partial charge < -0.3 is 10.6 Å². The Morgan fingerprint density at radius 2 is 1.92 bits per heavy atom. The lowest BCUT2D eigenvalue weighted by Crippen LogP contribution is -2.43. The van der Waals surface area contributed by atoms with Crippen LogP contribution in [0.4, 0.5) is 5.69 Å². The van der Waals surface area contributed by atoms with Gasteiger partial charge in [-0.25, -0.2) is 8.42 Å². The molecule has 6 nitrogen and oxygen atoms in total. The molecule has 2 aliphatic rings. The van der Waals surface area contributed by atoms with Crippen LogP contribution in [0, 0.1) is 0 Å². The van der Waals surface area contributed by atoms with Crippen molar-refractivity contribution in [3.63, 3.8) is 0 Å². The summed E-state index contributed by atoms with van der Waals surface area (Å²) in [7, 11) is -3.35. The van der Waals surface area contributed by atoms with Crippen LogP contribution in [0.3, 0.4) is 0 Å². The van der Waals surface area contributed by atoms with Crippen molar-refractivity contribution in [2.45, 2.75) is 6.42 Å². The first-order valence-corrected chi connectivity index (χ1v) is 10.6. The summed E-state index contributed by atoms with van der Waals surface area (Å²) in [6.07, 6.45) is 0.770. The maximum Gasteiger partial charge on any atom is 0.237 e. The van der Waals surface area contributed by atoms with Gasteiger partial charge in [-0.3, -0.25) is 9.30 Å². The zero-order chi connectivity index (χ0) is 16.3. The van der Waals surface area contributed by atoms with E-state index in [-0.39, 0.29) is 36.3 Å². The summed E-state index contributed by atoms with van der Waals surface area (Å²) >= 11 is 1.90. The van der Waals surface area contributed by atoms with Gasteiger partial charge in [0.2, 0.25) is 10.0 Å². The maximum absolute atomic E-state index is 12.6. The normalized spacial score (nSPS) is 18.2. The van der Waals surface area contributed by atoms with E-state index in [0.29, 0.717) is 12.5 Å². The van der Waals surface area contributed by atoms with Crippen LogP contribution in [0.15, 0.2) is 29.3 Å². The van der Waals surface area contributed by atoms with E-state index in [1.165, 1.54) is 4.31 Å². The molecule has 134 valence electrons. The molecule has 2 aliphatic heterocycles. The van der Waals surface area contributed by atoms with Crippen LogP contribution in [0.1, 0.15) is 5.56 Å². The summed E-state index contributed by atoms with van der Waals surface area (Å²) in [4.78, 5) is 6.29. The van der Waals surface area contributed by atoms with Crippen LogP contribution in [0.2, 0.25) is 0 Å². The summed E-state index contributed by atoms with van der Waals surface area (Å²) < 4.78 is 26.6. The Labute approximate surface area is 164 Å². The van der Waals surface area contributed by atoms with Gasteiger partial charge in [0.1, 0.15) is 0 Å². The first kappa shape index (κ1) is 19.6. The van der Waals surface area contributed by atoms with E-state index in [0.717, 1.165) is 42.3 Å². The highest BCUT2D eigenvalue weighted by Crippen LogP contribution is 2.29. The molecule has 2 N–H and O–H groups in total. The van der Waals surface area contributed by atoms with Crippen molar-refractivity contribution < 1.29 is 8.42 Å². The van der Waals surface area contributed by atoms with Gasteiger partial charge in [-0.2, -0.15) is 11.8 Å². The molecule has 0 amide bonds. The van der Waals surface area contributed by atoms with Crippen molar-refractivity contribution in [2.75, 3.05) is 47.7 Å². The number of fused-ring (bicyclic) bond motifs is 1. The first-order valence-electron chi connectivity index (χ1n) is 7.79. The number of benzene rings is 1. The van der Waals surface area contributed by atoms with Crippen LogP contribution in [0.25, 0.3) is 0 Å². The van der Waals surface area contributed by atoms with Crippen LogP contribution in [0.5, 0.6) is 0 Å². The zero-order valence-corrected chi connectivity index (χ0v) is 17.4. The number of hydrogen-bond acceptors (Lipinski definition) is 4. The van der Waals surface area contributed by atoms with Crippen LogP contribution >= 0.6 is 35.7 Å². The largest absolute Gasteiger partial charge is 0.370 e. The molecule has 1 saturated heterocycles. The smallest absolute Gasteiger partial charge is 0.237 e. The average molecular weight is 482 g/mol. The minimum absolute atomic E-state index is 0. The second-order valence-corrected chi connectivity index (χ2v) is 8.84. The molecule has 0 saturated carbocycles. The fraction of sp³-hybridized carbons (Fsp3) is 0.533. The number of sulfonamides is 1. The third kappa shape index (κ3) is 4.48. The number of nitrogens with two attached hydrogens (primary N) is 1. The Hall–Kier alpha value is -0.680. The Kier molecular flexibility index (Phi) is 7.05. The summed E-state index contributed by atoms with van der Waals surface area (Å²) in [5.41, 5.74) is 7.86. The van der Waals surface area contributed by atoms with Gasteiger partial charge in [0, 0.05) is 31.1 Å². The molecular formula is C15H23IN4O2S2. The van der Waals surface area contributed by atoms with E-state index in [1.54, 1.807) is 0 Å². The van der Waals surface area contributed by atoms with E-state index in [2.05, 4.69) is 4.99 Å². The highest BCUT2D eigenvalue weighted by atomic mass is 127. The first-order chi connectivity index (χ1) is 11.1. The molecule has 0 aliphatic carbocycles. The van der Waals surface area contributed by atoms with Crippen molar-refractivity contribution in [1.29, 1.82) is 0 Å². The van der Waals surface area contributed by atoms with Gasteiger partial charge in [0.05, 0.1) is 18.0 Å². The number of para-hydroxylation sites is 1. The van der Waals surface area contributed by atoms with Gasteiger partial charge in [-0.15, -0.1) is 24.0 Å². The van der Waals surface area contributed by atoms with Gasteiger partial charge in [0.15, 0.2) is 5.96 Å². The standard InChI is InChI=1S/C15H22N4O2S2.HI/c16-15(18-8-10-22-11-9-18)17-6-12-23(20,21)19-7-5-13-3-1-2-4-14(13)19;/h1-4H,5-12H2,(H2,16,17);1H. The van der Waals surface area contributed by atoms with Crippen molar-refractivity contribution in [1.82, 2.24) is 4.90 Å². The Balaban J connectivity index is 0.00000208. The third-order valence-corrected chi connectivity index (χ3v) is 6.83. The van der Waals surface area contributed by atoms with Gasteiger partial charge in [-0.1, -0.05) is 18.2 Å². The van der Waals surface area contributed by atoms with E-state index in [4.69, 9.17) is 5.73 Å². The summed E-state index contributed by atoms with van der Waals surface area (Å²) in [5, 5.41) is 0. The predicted octanol–water partition coefficient (Wildman–Crippen LogP) is 1.36. The lowest BCUT2D eigenvalue weighted by atomic mass is 10.2. The molecule has 1 aromatic rings. The summed E-state index contributed by atoms with van der Waals surface area (Å²) in [5.74, 6) is 2.53. The van der Waals surface area contributed by atoms with Crippen molar-refractivity contribution in [3.8, 4) is 0 Å². The molecule has 1 aromatic carbocycles. The second kappa shape index (κ2) is 8.61. The SMILES string of the molecule is I.NC(=NCCS(=O)(=O)N1CCc2ccccc21)N1CCSCC1. The Morgan fingerprint density at radius 1 is 1.21 bits per heavy atom. The summed E-state index contributed by atoms with van der Waals surface area (Å²) in [6, 6.07) is 7.66. The van der Waals surface area contributed by atoms with Crippen LogP contribution in [-0.2, 0) is 16.4 Å². The number of guanidine groups is 1. The molecular weight excluding hydrogens is 459 g/mol. The molecule has 2 heterocycles. The number of hydrogen-bond donors (Lipinski definition) is 1. The zero-order valence-electron chi connectivity index (χ0n) is 13.4. The number of halogens is 1. The molecule has 0 bridgehead atoms. The number of thioether (sulfide) groups is 1. The monoisotopic (exact) mass is 482 g/mol. The lowest BCUT2D eigenvalue weighted by molar-refractivity contribution is 0.456. The minimum atomic E-state index is -3.35. The number of aliphatic imine (C=N–C) groups is 1. The van der Waals surface area contributed by atoms with Gasteiger partial charge >= 0.3 is 0 Å². The number of anilines is 1. The van der Waals surface area contributed by atoms with Gasteiger partial charge in [-0.05, 0) is 18.1 Å². The number of nitrogens with zero attached hydrogens (tertiary/aromatic N) is 3. The molecule has 0 radical (unpaired) electrons. The van der Waals surface area contributed by atoms with E-state index < -0.39 is 10.0 Å². The quantitative estimate of drug-likeness (QED) is 0.399. The molecule has 1 fully saturated rings. The van der Waals surface area contributed by atoms with Crippen LogP contribution in [-0.4, -0.2) is 62.7 Å². The predicted molar refractivity (Wildman–Crippen MR) is 112 cm³/mol. The molecule has 0 aromatic heterocycles. The lowest BCUT2D eigenvalue weighted by Gasteiger charge is -2.27. The average Bonchev–Trinajstić information content (AvgIpc) is 3.00. The fourth-order valence-corrected chi connectivity index (χ4v) is 5.17. The molecule has 3 rings (SSSR count). The Bertz CT molecular complexity index is 690. The Morgan fingerprint density at radius 3 is 2.67 bits per heavy atom. The topological polar surface area (TPSA) is 79.0 Å². The molecule has 0 unspecified atom stereocenters. The van der Waals surface area contributed by atoms with Crippen molar-refractivity contribution in [2.24, 2.45) is 10.7 Å². The highest BCUT2D eigenvalue weighted by Gasteiger charge is 2.28. The van der Waals surface area contributed by atoms with E-state index in [9.17, 15) is 8.42 Å². The molecule has 0 spiro atoms. The van der Waals surface area contributed by atoms with Gasteiger partial charge in [0.25, 0.3) is 0 Å². The minimum Gasteiger partial charge on any atom is -0.370 e. The fourth-order valence-electron chi connectivity index (χ4n) is 2.88. The molecule has 9 heteroatoms. The molecule has 0 atom stereocenters. The highest BCUT2D eigenvalue weighted by molar-refractivity contribution is 14.0. The maximum atomic E-state index is 12.6. The van der Waals surface area contributed by atoms with Crippen molar-refractivity contribution >= 4 is 57.4 Å². The second-order valence-electron chi connectivity index (χ2n) is 5.61.